The standard InChI is InChI=1S/C45H27N3/c46-28-29-21-22-31-27-44(35-14-5-4-13-34(35)39(31)25-29)48-41-19-9-7-16-38(41)45-33(17-10-20-42(45)48)30-23-24-37-36-15-6-8-18-40(36)47(43(37)26-30)32-11-2-1-3-12-32/h1-27H. The summed E-state index contributed by atoms with van der Waals surface area (Å²) in [7, 11) is 0. The van der Waals surface area contributed by atoms with Gasteiger partial charge in [-0.25, -0.2) is 0 Å². The number of hydrogen-bond donors (Lipinski definition) is 0. The molecule has 0 radical (unpaired) electrons. The number of aromatic nitrogens is 2. The quantitative estimate of drug-likeness (QED) is 0.183. The van der Waals surface area contributed by atoms with Crippen LogP contribution in [0.3, 0.4) is 0 Å². The lowest BCUT2D eigenvalue weighted by atomic mass is 9.98. The van der Waals surface area contributed by atoms with Gasteiger partial charge >= 0.3 is 0 Å². The summed E-state index contributed by atoms with van der Waals surface area (Å²) >= 11 is 0. The van der Waals surface area contributed by atoms with Crippen LogP contribution < -0.4 is 0 Å². The van der Waals surface area contributed by atoms with Crippen LogP contribution in [-0.4, -0.2) is 9.13 Å². The van der Waals surface area contributed by atoms with Crippen LogP contribution in [0, 0.1) is 11.3 Å². The van der Waals surface area contributed by atoms with Crippen molar-refractivity contribution in [1.29, 1.82) is 5.26 Å². The highest BCUT2D eigenvalue weighted by Crippen LogP contribution is 2.42. The molecule has 222 valence electrons. The zero-order valence-corrected chi connectivity index (χ0v) is 25.9. The van der Waals surface area contributed by atoms with Crippen LogP contribution in [-0.2, 0) is 0 Å². The molecule has 0 aliphatic rings. The van der Waals surface area contributed by atoms with E-state index in [1.54, 1.807) is 0 Å². The lowest BCUT2D eigenvalue weighted by Gasteiger charge is -2.15. The molecule has 10 aromatic rings. The fourth-order valence-corrected chi connectivity index (χ4v) is 7.85. The van der Waals surface area contributed by atoms with Gasteiger partial charge in [-0.1, -0.05) is 109 Å². The van der Waals surface area contributed by atoms with E-state index in [2.05, 4.69) is 167 Å². The molecule has 0 amide bonds. The van der Waals surface area contributed by atoms with Crippen molar-refractivity contribution in [3.8, 4) is 28.6 Å². The van der Waals surface area contributed by atoms with Gasteiger partial charge in [-0.2, -0.15) is 5.26 Å². The van der Waals surface area contributed by atoms with E-state index in [0.717, 1.165) is 44.0 Å². The van der Waals surface area contributed by atoms with Gasteiger partial charge in [-0.05, 0) is 81.9 Å². The molecular weight excluding hydrogens is 583 g/mol. The highest BCUT2D eigenvalue weighted by atomic mass is 15.0. The van der Waals surface area contributed by atoms with E-state index in [-0.39, 0.29) is 0 Å². The fraction of sp³-hybridized carbons (Fsp3) is 0. The van der Waals surface area contributed by atoms with E-state index in [1.807, 2.05) is 12.1 Å². The van der Waals surface area contributed by atoms with Crippen LogP contribution >= 0.6 is 0 Å². The zero-order chi connectivity index (χ0) is 31.8. The Morgan fingerprint density at radius 1 is 0.417 bits per heavy atom. The summed E-state index contributed by atoms with van der Waals surface area (Å²) in [5.41, 5.74) is 10.1. The number of nitrogens with zero attached hydrogens (tertiary/aromatic N) is 3. The first kappa shape index (κ1) is 26.6. The Morgan fingerprint density at radius 2 is 1.08 bits per heavy atom. The molecule has 0 bridgehead atoms. The molecule has 0 spiro atoms. The second-order valence-corrected chi connectivity index (χ2v) is 12.5. The van der Waals surface area contributed by atoms with E-state index in [1.165, 1.54) is 43.7 Å². The van der Waals surface area contributed by atoms with Crippen molar-refractivity contribution >= 4 is 65.2 Å². The monoisotopic (exact) mass is 609 g/mol. The van der Waals surface area contributed by atoms with Gasteiger partial charge in [-0.3, -0.25) is 0 Å². The Labute approximate surface area is 276 Å². The summed E-state index contributed by atoms with van der Waals surface area (Å²) in [4.78, 5) is 0. The van der Waals surface area contributed by atoms with Crippen LogP contribution in [0.5, 0.6) is 0 Å². The fourth-order valence-electron chi connectivity index (χ4n) is 7.85. The van der Waals surface area contributed by atoms with Gasteiger partial charge in [0.25, 0.3) is 0 Å². The predicted octanol–water partition coefficient (Wildman–Crippen LogP) is 11.7. The van der Waals surface area contributed by atoms with Crippen molar-refractivity contribution in [2.75, 3.05) is 0 Å². The smallest absolute Gasteiger partial charge is 0.0991 e. The van der Waals surface area contributed by atoms with Gasteiger partial charge < -0.3 is 9.13 Å². The Bertz CT molecular complexity index is 2950. The van der Waals surface area contributed by atoms with Gasteiger partial charge in [0, 0.05) is 32.6 Å². The largest absolute Gasteiger partial charge is 0.309 e. The van der Waals surface area contributed by atoms with E-state index >= 15 is 0 Å². The third-order valence-electron chi connectivity index (χ3n) is 9.91. The highest BCUT2D eigenvalue weighted by Gasteiger charge is 2.20. The van der Waals surface area contributed by atoms with Crippen LogP contribution in [0.15, 0.2) is 164 Å². The second-order valence-electron chi connectivity index (χ2n) is 12.5. The molecule has 3 heteroatoms. The van der Waals surface area contributed by atoms with Crippen molar-refractivity contribution in [1.82, 2.24) is 9.13 Å². The number of hydrogen-bond acceptors (Lipinski definition) is 1. The number of para-hydroxylation sites is 3. The molecule has 0 saturated carbocycles. The van der Waals surface area contributed by atoms with E-state index in [9.17, 15) is 5.26 Å². The van der Waals surface area contributed by atoms with Crippen molar-refractivity contribution in [2.24, 2.45) is 0 Å². The van der Waals surface area contributed by atoms with E-state index in [4.69, 9.17) is 0 Å². The molecule has 0 aliphatic carbocycles. The van der Waals surface area contributed by atoms with E-state index in [0.29, 0.717) is 5.56 Å². The topological polar surface area (TPSA) is 33.6 Å². The molecule has 0 fully saturated rings. The summed E-state index contributed by atoms with van der Waals surface area (Å²) < 4.78 is 4.81. The maximum absolute atomic E-state index is 9.64. The Balaban J connectivity index is 1.28. The minimum Gasteiger partial charge on any atom is -0.309 e. The van der Waals surface area contributed by atoms with Gasteiger partial charge in [0.05, 0.1) is 39.4 Å². The average Bonchev–Trinajstić information content (AvgIpc) is 3.67. The molecule has 0 atom stereocenters. The van der Waals surface area contributed by atoms with Gasteiger partial charge in [0.1, 0.15) is 0 Å². The normalized spacial score (nSPS) is 11.7. The zero-order valence-electron chi connectivity index (χ0n) is 25.9. The third kappa shape index (κ3) is 3.75. The first-order chi connectivity index (χ1) is 23.8. The van der Waals surface area contributed by atoms with Crippen LogP contribution in [0.2, 0.25) is 0 Å². The average molecular weight is 610 g/mol. The Morgan fingerprint density at radius 3 is 1.90 bits per heavy atom. The molecule has 8 aromatic carbocycles. The number of fused-ring (bicyclic) bond motifs is 9. The number of benzene rings is 8. The summed E-state index contributed by atoms with van der Waals surface area (Å²) in [5, 5.41) is 19.1. The molecular formula is C45H27N3. The molecule has 48 heavy (non-hydrogen) atoms. The molecule has 10 rings (SSSR count). The van der Waals surface area contributed by atoms with Crippen molar-refractivity contribution in [3.05, 3.63) is 169 Å². The second kappa shape index (κ2) is 10.2. The lowest BCUT2D eigenvalue weighted by Crippen LogP contribution is -1.96. The molecule has 0 saturated heterocycles. The highest BCUT2D eigenvalue weighted by molar-refractivity contribution is 6.19. The Kier molecular flexibility index (Phi) is 5.64. The van der Waals surface area contributed by atoms with Crippen LogP contribution in [0.1, 0.15) is 5.56 Å². The van der Waals surface area contributed by atoms with Gasteiger partial charge in [0.15, 0.2) is 0 Å². The van der Waals surface area contributed by atoms with Crippen molar-refractivity contribution in [2.45, 2.75) is 0 Å². The first-order valence-corrected chi connectivity index (χ1v) is 16.3. The SMILES string of the molecule is N#Cc1ccc2cc(-n3c4ccccc4c4c(-c5ccc6c7ccccc7n(-c7ccccc7)c6c5)cccc43)c3ccccc3c2c1. The first-order valence-electron chi connectivity index (χ1n) is 16.3. The molecule has 0 aliphatic heterocycles. The van der Waals surface area contributed by atoms with Gasteiger partial charge in [0.2, 0.25) is 0 Å². The molecule has 3 nitrogen and oxygen atoms in total. The van der Waals surface area contributed by atoms with Crippen molar-refractivity contribution in [3.63, 3.8) is 0 Å². The molecule has 2 heterocycles. The Hall–Kier alpha value is -6.63. The van der Waals surface area contributed by atoms with Gasteiger partial charge in [-0.15, -0.1) is 0 Å². The minimum atomic E-state index is 0.671. The maximum Gasteiger partial charge on any atom is 0.0991 e. The third-order valence-corrected chi connectivity index (χ3v) is 9.91. The van der Waals surface area contributed by atoms with Crippen LogP contribution in [0.4, 0.5) is 0 Å². The predicted molar refractivity (Wildman–Crippen MR) is 200 cm³/mol. The van der Waals surface area contributed by atoms with E-state index < -0.39 is 0 Å². The summed E-state index contributed by atoms with van der Waals surface area (Å²) in [6.45, 7) is 0. The molecule has 0 N–H and O–H groups in total. The minimum absolute atomic E-state index is 0.671. The summed E-state index contributed by atoms with van der Waals surface area (Å²) in [6, 6.07) is 60.9. The van der Waals surface area contributed by atoms with Crippen molar-refractivity contribution < 1.29 is 0 Å². The number of nitriles is 1. The van der Waals surface area contributed by atoms with Crippen LogP contribution in [0.25, 0.3) is 87.7 Å². The summed E-state index contributed by atoms with van der Waals surface area (Å²) in [5.74, 6) is 0. The summed E-state index contributed by atoms with van der Waals surface area (Å²) in [6.07, 6.45) is 0. The maximum atomic E-state index is 9.64. The lowest BCUT2D eigenvalue weighted by molar-refractivity contribution is 1.18. The molecule has 0 unspecified atom stereocenters. The number of rotatable bonds is 3. The molecule has 2 aromatic heterocycles.